The van der Waals surface area contributed by atoms with E-state index in [0.717, 1.165) is 23.7 Å². The highest BCUT2D eigenvalue weighted by Gasteiger charge is 2.22. The minimum absolute atomic E-state index is 0.265. The number of nitrogens with two attached hydrogens (primary N) is 1. The fourth-order valence-corrected chi connectivity index (χ4v) is 3.17. The normalized spacial score (nSPS) is 23.0. The van der Waals surface area contributed by atoms with Crippen molar-refractivity contribution < 1.29 is 4.74 Å². The Bertz CT molecular complexity index is 573. The number of nitrogens with zero attached hydrogens (tertiary/aromatic N) is 3. The van der Waals surface area contributed by atoms with E-state index in [1.54, 1.807) is 0 Å². The molecule has 6 heteroatoms. The Labute approximate surface area is 122 Å². The molecule has 0 aliphatic carbocycles. The molecule has 0 spiro atoms. The third kappa shape index (κ3) is 2.76. The Morgan fingerprint density at radius 2 is 1.80 bits per heavy atom. The summed E-state index contributed by atoms with van der Waals surface area (Å²) in [5, 5.41) is 9.27. The van der Waals surface area contributed by atoms with E-state index in [-0.39, 0.29) is 12.2 Å². The van der Waals surface area contributed by atoms with Gasteiger partial charge in [0.2, 0.25) is 5.13 Å². The SMILES string of the molecule is C[C@@H]1CN(c2ccc(-c3nnc(N)s3)cc2)C[C@H](C)O1. The highest BCUT2D eigenvalue weighted by atomic mass is 32.1. The van der Waals surface area contributed by atoms with Gasteiger partial charge >= 0.3 is 0 Å². The lowest BCUT2D eigenvalue weighted by atomic mass is 10.1. The summed E-state index contributed by atoms with van der Waals surface area (Å²) in [5.74, 6) is 0. The molecule has 1 saturated heterocycles. The lowest BCUT2D eigenvalue weighted by Crippen LogP contribution is -2.45. The molecule has 0 saturated carbocycles. The van der Waals surface area contributed by atoms with Crippen LogP contribution in [0.3, 0.4) is 0 Å². The molecular formula is C14H18N4OS. The van der Waals surface area contributed by atoms with E-state index in [4.69, 9.17) is 10.5 Å². The second-order valence-electron chi connectivity index (χ2n) is 5.15. The van der Waals surface area contributed by atoms with Gasteiger partial charge in [-0.25, -0.2) is 0 Å². The van der Waals surface area contributed by atoms with Crippen LogP contribution < -0.4 is 10.6 Å². The summed E-state index contributed by atoms with van der Waals surface area (Å²) < 4.78 is 5.76. The second kappa shape index (κ2) is 5.38. The molecule has 1 fully saturated rings. The summed E-state index contributed by atoms with van der Waals surface area (Å²) in [4.78, 5) is 2.36. The topological polar surface area (TPSA) is 64.3 Å². The van der Waals surface area contributed by atoms with Gasteiger partial charge in [0.25, 0.3) is 0 Å². The molecule has 2 aromatic rings. The Kier molecular flexibility index (Phi) is 3.58. The van der Waals surface area contributed by atoms with Crippen molar-refractivity contribution in [1.82, 2.24) is 10.2 Å². The Hall–Kier alpha value is -1.66. The first-order valence-electron chi connectivity index (χ1n) is 6.71. The molecule has 1 aromatic heterocycles. The summed E-state index contributed by atoms with van der Waals surface area (Å²) in [6.45, 7) is 6.08. The molecule has 1 aliphatic rings. The standard InChI is InChI=1S/C14H18N4OS/c1-9-7-18(8-10(2)19-9)12-5-3-11(4-6-12)13-16-17-14(15)20-13/h3-6,9-10H,7-8H2,1-2H3,(H2,15,17)/t9-,10+. The van der Waals surface area contributed by atoms with E-state index in [1.807, 2.05) is 0 Å². The molecule has 0 unspecified atom stereocenters. The van der Waals surface area contributed by atoms with Gasteiger partial charge in [-0.3, -0.25) is 0 Å². The molecule has 2 N–H and O–H groups in total. The van der Waals surface area contributed by atoms with E-state index in [2.05, 4.69) is 53.2 Å². The summed E-state index contributed by atoms with van der Waals surface area (Å²) in [6.07, 6.45) is 0.530. The number of ether oxygens (including phenoxy) is 1. The molecule has 20 heavy (non-hydrogen) atoms. The number of hydrogen-bond donors (Lipinski definition) is 1. The van der Waals surface area contributed by atoms with E-state index < -0.39 is 0 Å². The summed E-state index contributed by atoms with van der Waals surface area (Å²) in [7, 11) is 0. The molecule has 0 radical (unpaired) electrons. The summed E-state index contributed by atoms with van der Waals surface area (Å²) in [5.41, 5.74) is 7.89. The van der Waals surface area contributed by atoms with Gasteiger partial charge in [0.05, 0.1) is 12.2 Å². The molecule has 0 bridgehead atoms. The van der Waals surface area contributed by atoms with Crippen LogP contribution >= 0.6 is 11.3 Å². The van der Waals surface area contributed by atoms with Crippen LogP contribution in [0.1, 0.15) is 13.8 Å². The number of rotatable bonds is 2. The van der Waals surface area contributed by atoms with Gasteiger partial charge in [0.15, 0.2) is 0 Å². The minimum atomic E-state index is 0.265. The Morgan fingerprint density at radius 3 is 2.35 bits per heavy atom. The summed E-state index contributed by atoms with van der Waals surface area (Å²) in [6, 6.07) is 8.38. The average molecular weight is 290 g/mol. The van der Waals surface area contributed by atoms with Crippen molar-refractivity contribution in [3.8, 4) is 10.6 Å². The highest BCUT2D eigenvalue weighted by molar-refractivity contribution is 7.18. The van der Waals surface area contributed by atoms with Gasteiger partial charge in [-0.2, -0.15) is 0 Å². The fourth-order valence-electron chi connectivity index (χ4n) is 2.55. The van der Waals surface area contributed by atoms with Crippen molar-refractivity contribution in [3.05, 3.63) is 24.3 Å². The van der Waals surface area contributed by atoms with Crippen LogP contribution in [0.15, 0.2) is 24.3 Å². The quantitative estimate of drug-likeness (QED) is 0.920. The third-order valence-corrected chi connectivity index (χ3v) is 4.14. The first kappa shape index (κ1) is 13.3. The molecule has 106 valence electrons. The number of hydrogen-bond acceptors (Lipinski definition) is 6. The maximum absolute atomic E-state index is 5.76. The number of anilines is 2. The smallest absolute Gasteiger partial charge is 0.203 e. The van der Waals surface area contributed by atoms with E-state index >= 15 is 0 Å². The molecule has 3 rings (SSSR count). The van der Waals surface area contributed by atoms with Crippen LogP contribution in [0.25, 0.3) is 10.6 Å². The Morgan fingerprint density at radius 1 is 1.15 bits per heavy atom. The van der Waals surface area contributed by atoms with Crippen molar-refractivity contribution >= 4 is 22.2 Å². The second-order valence-corrected chi connectivity index (χ2v) is 6.16. The molecule has 0 amide bonds. The predicted molar refractivity (Wildman–Crippen MR) is 82.0 cm³/mol. The van der Waals surface area contributed by atoms with Gasteiger partial charge in [-0.1, -0.05) is 11.3 Å². The molecular weight excluding hydrogens is 272 g/mol. The van der Waals surface area contributed by atoms with Crippen LogP contribution in [-0.2, 0) is 4.74 Å². The average Bonchev–Trinajstić information content (AvgIpc) is 2.84. The molecule has 1 aliphatic heterocycles. The van der Waals surface area contributed by atoms with Crippen molar-refractivity contribution in [1.29, 1.82) is 0 Å². The number of nitrogen functional groups attached to an aromatic ring is 1. The van der Waals surface area contributed by atoms with E-state index in [9.17, 15) is 0 Å². The van der Waals surface area contributed by atoms with Crippen molar-refractivity contribution in [2.45, 2.75) is 26.1 Å². The molecule has 1 aromatic carbocycles. The number of aromatic nitrogens is 2. The van der Waals surface area contributed by atoms with E-state index in [0.29, 0.717) is 5.13 Å². The van der Waals surface area contributed by atoms with Gasteiger partial charge in [0, 0.05) is 24.3 Å². The zero-order chi connectivity index (χ0) is 14.1. The van der Waals surface area contributed by atoms with Crippen molar-refractivity contribution in [3.63, 3.8) is 0 Å². The van der Waals surface area contributed by atoms with Gasteiger partial charge in [-0.05, 0) is 38.1 Å². The fraction of sp³-hybridized carbons (Fsp3) is 0.429. The van der Waals surface area contributed by atoms with Gasteiger partial charge in [-0.15, -0.1) is 10.2 Å². The third-order valence-electron chi connectivity index (χ3n) is 3.34. The lowest BCUT2D eigenvalue weighted by molar-refractivity contribution is -0.00521. The number of benzene rings is 1. The largest absolute Gasteiger partial charge is 0.374 e. The van der Waals surface area contributed by atoms with Crippen molar-refractivity contribution in [2.75, 3.05) is 23.7 Å². The molecule has 2 atom stereocenters. The lowest BCUT2D eigenvalue weighted by Gasteiger charge is -2.36. The Balaban J connectivity index is 1.79. The van der Waals surface area contributed by atoms with Crippen LogP contribution in [-0.4, -0.2) is 35.5 Å². The van der Waals surface area contributed by atoms with E-state index in [1.165, 1.54) is 17.0 Å². The maximum Gasteiger partial charge on any atom is 0.203 e. The zero-order valence-electron chi connectivity index (χ0n) is 11.6. The van der Waals surface area contributed by atoms with Crippen LogP contribution in [0.4, 0.5) is 10.8 Å². The number of morpholine rings is 1. The maximum atomic E-state index is 5.76. The summed E-state index contributed by atoms with van der Waals surface area (Å²) >= 11 is 1.41. The van der Waals surface area contributed by atoms with Gasteiger partial charge < -0.3 is 15.4 Å². The zero-order valence-corrected chi connectivity index (χ0v) is 12.4. The monoisotopic (exact) mass is 290 g/mol. The minimum Gasteiger partial charge on any atom is -0.374 e. The first-order chi connectivity index (χ1) is 9.61. The van der Waals surface area contributed by atoms with Crippen LogP contribution in [0, 0.1) is 0 Å². The van der Waals surface area contributed by atoms with Gasteiger partial charge in [0.1, 0.15) is 5.01 Å². The molecule has 5 nitrogen and oxygen atoms in total. The first-order valence-corrected chi connectivity index (χ1v) is 7.53. The molecule has 2 heterocycles. The van der Waals surface area contributed by atoms with Crippen molar-refractivity contribution in [2.24, 2.45) is 0 Å². The highest BCUT2D eigenvalue weighted by Crippen LogP contribution is 2.27. The van der Waals surface area contributed by atoms with Crippen LogP contribution in [0.5, 0.6) is 0 Å². The predicted octanol–water partition coefficient (Wildman–Crippen LogP) is 2.40. The van der Waals surface area contributed by atoms with Crippen LogP contribution in [0.2, 0.25) is 0 Å².